The topological polar surface area (TPSA) is 128 Å². The number of anilines is 2. The quantitative estimate of drug-likeness (QED) is 0.586. The van der Waals surface area contributed by atoms with E-state index in [1.54, 1.807) is 0 Å². The summed E-state index contributed by atoms with van der Waals surface area (Å²) in [7, 11) is 0. The van der Waals surface area contributed by atoms with Crippen LogP contribution in [0.3, 0.4) is 0 Å². The molecule has 9 heteroatoms. The Hall–Kier alpha value is -3.23. The van der Waals surface area contributed by atoms with Crippen molar-refractivity contribution in [3.05, 3.63) is 47.5 Å². The van der Waals surface area contributed by atoms with Crippen molar-refractivity contribution < 1.29 is 4.74 Å². The average Bonchev–Trinajstić information content (AvgIpc) is 3.27. The summed E-state index contributed by atoms with van der Waals surface area (Å²) < 4.78 is 6.16. The highest BCUT2D eigenvalue weighted by Gasteiger charge is 2.39. The first-order chi connectivity index (χ1) is 15.0. The van der Waals surface area contributed by atoms with Crippen molar-refractivity contribution in [1.29, 1.82) is 0 Å². The van der Waals surface area contributed by atoms with E-state index in [1.165, 1.54) is 37.6 Å². The minimum atomic E-state index is -0.470. The van der Waals surface area contributed by atoms with Crippen LogP contribution in [0.2, 0.25) is 0 Å². The molecule has 1 unspecified atom stereocenters. The summed E-state index contributed by atoms with van der Waals surface area (Å²) in [5.41, 5.74) is 8.79. The Balaban J connectivity index is 1.27. The summed E-state index contributed by atoms with van der Waals surface area (Å²) in [6, 6.07) is 8.88. The molecule has 2 aliphatic rings. The van der Waals surface area contributed by atoms with Gasteiger partial charge in [-0.05, 0) is 62.5 Å². The number of tetrazole rings is 1. The standard InChI is InChI=1S/C22H28N8O/c1-22(2)19(26-18-20(23)24-12-25-21(18)31-22)16-9-7-15(8-10-16)14-5-3-13(4-6-14)11-17-27-29-30-28-17/h7-10,12-14,19,26H,3-6,11H2,1-2H3,(H2,23,24,25)(H,27,28,29,30). The number of nitrogen functional groups attached to an aromatic ring is 1. The molecule has 0 bridgehead atoms. The molecule has 0 spiro atoms. The van der Waals surface area contributed by atoms with Gasteiger partial charge in [0.05, 0.1) is 6.04 Å². The summed E-state index contributed by atoms with van der Waals surface area (Å²) in [6.45, 7) is 4.12. The van der Waals surface area contributed by atoms with E-state index < -0.39 is 5.60 Å². The molecule has 1 aliphatic carbocycles. The number of hydrogen-bond donors (Lipinski definition) is 3. The number of benzene rings is 1. The number of fused-ring (bicyclic) bond motifs is 1. The Labute approximate surface area is 181 Å². The Bertz CT molecular complexity index is 1030. The smallest absolute Gasteiger partial charge is 0.243 e. The highest BCUT2D eigenvalue weighted by Crippen LogP contribution is 2.44. The van der Waals surface area contributed by atoms with Gasteiger partial charge in [-0.1, -0.05) is 29.5 Å². The molecule has 3 heterocycles. The van der Waals surface area contributed by atoms with E-state index in [0.717, 1.165) is 17.8 Å². The third-order valence-electron chi connectivity index (χ3n) is 6.63. The fourth-order valence-corrected chi connectivity index (χ4v) is 4.89. The molecule has 1 fully saturated rings. The van der Waals surface area contributed by atoms with Crippen molar-refractivity contribution in [3.8, 4) is 5.88 Å². The number of rotatable bonds is 4. The van der Waals surface area contributed by atoms with Crippen LogP contribution in [0.25, 0.3) is 0 Å². The van der Waals surface area contributed by atoms with Crippen molar-refractivity contribution in [2.75, 3.05) is 11.1 Å². The summed E-state index contributed by atoms with van der Waals surface area (Å²) in [5.74, 6) is 2.97. The second-order valence-electron chi connectivity index (χ2n) is 9.14. The SMILES string of the molecule is CC1(C)Oc2ncnc(N)c2NC1c1ccc(C2CCC(Cc3nn[nH]n3)CC2)cc1. The monoisotopic (exact) mass is 420 g/mol. The molecule has 3 aromatic rings. The van der Waals surface area contributed by atoms with E-state index in [-0.39, 0.29) is 6.04 Å². The molecular formula is C22H28N8O. The molecule has 1 saturated carbocycles. The van der Waals surface area contributed by atoms with Gasteiger partial charge in [-0.25, -0.2) is 4.98 Å². The predicted molar refractivity (Wildman–Crippen MR) is 117 cm³/mol. The van der Waals surface area contributed by atoms with E-state index in [4.69, 9.17) is 10.5 Å². The van der Waals surface area contributed by atoms with E-state index in [0.29, 0.717) is 29.2 Å². The molecule has 0 amide bonds. The molecule has 0 saturated heterocycles. The lowest BCUT2D eigenvalue weighted by molar-refractivity contribution is 0.0722. The molecule has 162 valence electrons. The van der Waals surface area contributed by atoms with Crippen LogP contribution in [-0.2, 0) is 6.42 Å². The lowest BCUT2D eigenvalue weighted by Crippen LogP contribution is -2.44. The Kier molecular flexibility index (Phi) is 4.95. The average molecular weight is 421 g/mol. The molecule has 9 nitrogen and oxygen atoms in total. The van der Waals surface area contributed by atoms with Crippen molar-refractivity contribution >= 4 is 11.5 Å². The molecule has 1 aliphatic heterocycles. The number of aromatic nitrogens is 6. The van der Waals surface area contributed by atoms with Crippen molar-refractivity contribution in [2.45, 2.75) is 63.5 Å². The van der Waals surface area contributed by atoms with Gasteiger partial charge in [-0.2, -0.15) is 10.2 Å². The zero-order valence-corrected chi connectivity index (χ0v) is 17.9. The van der Waals surface area contributed by atoms with Gasteiger partial charge in [0, 0.05) is 6.42 Å². The van der Waals surface area contributed by atoms with Crippen molar-refractivity contribution in [2.24, 2.45) is 5.92 Å². The lowest BCUT2D eigenvalue weighted by atomic mass is 9.77. The minimum absolute atomic E-state index is 0.0481. The molecule has 4 N–H and O–H groups in total. The van der Waals surface area contributed by atoms with Crippen LogP contribution in [0.5, 0.6) is 5.88 Å². The summed E-state index contributed by atoms with van der Waals surface area (Å²) in [4.78, 5) is 8.30. The molecule has 5 rings (SSSR count). The van der Waals surface area contributed by atoms with Crippen LogP contribution < -0.4 is 15.8 Å². The molecule has 0 radical (unpaired) electrons. The minimum Gasteiger partial charge on any atom is -0.467 e. The normalized spacial score (nSPS) is 24.6. The predicted octanol–water partition coefficient (Wildman–Crippen LogP) is 3.41. The number of H-pyrrole nitrogens is 1. The summed E-state index contributed by atoms with van der Waals surface area (Å²) in [5, 5.41) is 17.9. The lowest BCUT2D eigenvalue weighted by Gasteiger charge is -2.40. The number of hydrogen-bond acceptors (Lipinski definition) is 8. The maximum absolute atomic E-state index is 6.16. The van der Waals surface area contributed by atoms with Crippen molar-refractivity contribution in [1.82, 2.24) is 30.6 Å². The maximum Gasteiger partial charge on any atom is 0.243 e. The van der Waals surface area contributed by atoms with Crippen molar-refractivity contribution in [3.63, 3.8) is 0 Å². The van der Waals surface area contributed by atoms with E-state index in [2.05, 4.69) is 74.0 Å². The van der Waals surface area contributed by atoms with Gasteiger partial charge in [-0.15, -0.1) is 10.2 Å². The second-order valence-corrected chi connectivity index (χ2v) is 9.14. The fraction of sp³-hybridized carbons (Fsp3) is 0.500. The van der Waals surface area contributed by atoms with E-state index in [9.17, 15) is 0 Å². The number of nitrogens with one attached hydrogen (secondary N) is 2. The third kappa shape index (κ3) is 3.92. The molecule has 2 aromatic heterocycles. The van der Waals surface area contributed by atoms with Gasteiger partial charge in [0.15, 0.2) is 11.6 Å². The highest BCUT2D eigenvalue weighted by molar-refractivity contribution is 5.69. The van der Waals surface area contributed by atoms with Gasteiger partial charge in [0.1, 0.15) is 17.6 Å². The third-order valence-corrected chi connectivity index (χ3v) is 6.63. The van der Waals surface area contributed by atoms with Crippen LogP contribution in [-0.4, -0.2) is 36.2 Å². The van der Waals surface area contributed by atoms with Crippen LogP contribution in [0.15, 0.2) is 30.6 Å². The molecular weight excluding hydrogens is 392 g/mol. The largest absolute Gasteiger partial charge is 0.467 e. The number of ether oxygens (including phenoxy) is 1. The maximum atomic E-state index is 6.16. The Morgan fingerprint density at radius 2 is 1.81 bits per heavy atom. The van der Waals surface area contributed by atoms with E-state index in [1.807, 2.05) is 0 Å². The highest BCUT2D eigenvalue weighted by atomic mass is 16.5. The molecule has 1 aromatic carbocycles. The van der Waals surface area contributed by atoms with Crippen LogP contribution in [0.4, 0.5) is 11.5 Å². The zero-order chi connectivity index (χ0) is 21.4. The van der Waals surface area contributed by atoms with Crippen LogP contribution in [0.1, 0.15) is 68.4 Å². The van der Waals surface area contributed by atoms with Gasteiger partial charge in [-0.3, -0.25) is 0 Å². The Morgan fingerprint density at radius 1 is 1.06 bits per heavy atom. The first-order valence-corrected chi connectivity index (χ1v) is 10.9. The van der Waals surface area contributed by atoms with Gasteiger partial charge in [0.2, 0.25) is 5.88 Å². The fourth-order valence-electron chi connectivity index (χ4n) is 4.89. The van der Waals surface area contributed by atoms with Gasteiger partial charge in [0.25, 0.3) is 0 Å². The van der Waals surface area contributed by atoms with Gasteiger partial charge >= 0.3 is 0 Å². The van der Waals surface area contributed by atoms with Gasteiger partial charge < -0.3 is 15.8 Å². The number of nitrogens with zero attached hydrogens (tertiary/aromatic N) is 5. The number of nitrogens with two attached hydrogens (primary N) is 1. The summed E-state index contributed by atoms with van der Waals surface area (Å²) in [6.07, 6.45) is 7.12. The molecule has 31 heavy (non-hydrogen) atoms. The van der Waals surface area contributed by atoms with Crippen LogP contribution >= 0.6 is 0 Å². The zero-order valence-electron chi connectivity index (χ0n) is 17.9. The van der Waals surface area contributed by atoms with E-state index >= 15 is 0 Å². The first kappa shape index (κ1) is 19.7. The first-order valence-electron chi connectivity index (χ1n) is 10.9. The van der Waals surface area contributed by atoms with Crippen LogP contribution in [0, 0.1) is 5.92 Å². The second kappa shape index (κ2) is 7.79. The Morgan fingerprint density at radius 3 is 2.52 bits per heavy atom. The number of aromatic amines is 1. The molecule has 1 atom stereocenters. The summed E-state index contributed by atoms with van der Waals surface area (Å²) >= 11 is 0.